The highest BCUT2D eigenvalue weighted by Crippen LogP contribution is 2.15. The number of pyridine rings is 1. The summed E-state index contributed by atoms with van der Waals surface area (Å²) in [4.78, 5) is 25.3. The van der Waals surface area contributed by atoms with E-state index in [1.54, 1.807) is 24.3 Å². The molecule has 0 aliphatic heterocycles. The molecule has 104 valence electrons. The van der Waals surface area contributed by atoms with Crippen molar-refractivity contribution in [1.82, 2.24) is 10.3 Å². The molecule has 2 rings (SSSR count). The van der Waals surface area contributed by atoms with E-state index in [4.69, 9.17) is 11.6 Å². The summed E-state index contributed by atoms with van der Waals surface area (Å²) in [6.07, 6.45) is 0.561. The Kier molecular flexibility index (Phi) is 4.55. The van der Waals surface area contributed by atoms with E-state index in [2.05, 4.69) is 10.3 Å². The number of aliphatic hydroxyl groups excluding tert-OH is 1. The average molecular weight is 293 g/mol. The highest BCUT2D eigenvalue weighted by molar-refractivity contribution is 6.30. The Bertz CT molecular complexity index is 652. The van der Waals surface area contributed by atoms with Crippen LogP contribution in [0.4, 0.5) is 0 Å². The summed E-state index contributed by atoms with van der Waals surface area (Å²) in [5.41, 5.74) is 0.550. The maximum atomic E-state index is 11.8. The van der Waals surface area contributed by atoms with Crippen LogP contribution < -0.4 is 10.9 Å². The molecular formula is C14H13ClN2O3. The van der Waals surface area contributed by atoms with E-state index in [0.717, 1.165) is 0 Å². The van der Waals surface area contributed by atoms with Crippen LogP contribution in [-0.2, 0) is 0 Å². The molecule has 5 nitrogen and oxygen atoms in total. The van der Waals surface area contributed by atoms with Crippen LogP contribution in [-0.4, -0.2) is 22.5 Å². The Labute approximate surface area is 120 Å². The first kappa shape index (κ1) is 14.3. The SMILES string of the molecule is O=C(NC[C@@H](O)c1ccc(Cl)cc1)c1cc[nH]c(=O)c1. The van der Waals surface area contributed by atoms with Gasteiger partial charge in [-0.2, -0.15) is 0 Å². The van der Waals surface area contributed by atoms with Crippen LogP contribution in [0.3, 0.4) is 0 Å². The molecule has 1 aromatic heterocycles. The topological polar surface area (TPSA) is 82.2 Å². The second-order valence-corrected chi connectivity index (χ2v) is 4.66. The number of halogens is 1. The molecule has 6 heteroatoms. The van der Waals surface area contributed by atoms with Crippen molar-refractivity contribution in [1.29, 1.82) is 0 Å². The molecule has 0 bridgehead atoms. The van der Waals surface area contributed by atoms with Gasteiger partial charge in [-0.3, -0.25) is 9.59 Å². The smallest absolute Gasteiger partial charge is 0.251 e. The van der Waals surface area contributed by atoms with Crippen molar-refractivity contribution in [3.8, 4) is 0 Å². The molecule has 1 atom stereocenters. The third-order valence-corrected chi connectivity index (χ3v) is 3.00. The van der Waals surface area contributed by atoms with Gasteiger partial charge in [0, 0.05) is 29.4 Å². The minimum atomic E-state index is -0.835. The minimum Gasteiger partial charge on any atom is -0.387 e. The third-order valence-electron chi connectivity index (χ3n) is 2.75. The first-order chi connectivity index (χ1) is 9.56. The van der Waals surface area contributed by atoms with Crippen LogP contribution in [0.15, 0.2) is 47.4 Å². The first-order valence-electron chi connectivity index (χ1n) is 5.97. The fourth-order valence-corrected chi connectivity index (χ4v) is 1.81. The molecule has 1 heterocycles. The molecule has 2 aromatic rings. The van der Waals surface area contributed by atoms with E-state index in [1.807, 2.05) is 0 Å². The minimum absolute atomic E-state index is 0.0489. The second kappa shape index (κ2) is 6.36. The molecule has 3 N–H and O–H groups in total. The van der Waals surface area contributed by atoms with Gasteiger partial charge in [0.1, 0.15) is 0 Å². The van der Waals surface area contributed by atoms with Crippen molar-refractivity contribution in [3.05, 3.63) is 69.1 Å². The molecule has 1 aromatic carbocycles. The summed E-state index contributed by atoms with van der Waals surface area (Å²) < 4.78 is 0. The van der Waals surface area contributed by atoms with Crippen LogP contribution in [0.2, 0.25) is 5.02 Å². The van der Waals surface area contributed by atoms with Crippen molar-refractivity contribution >= 4 is 17.5 Å². The molecule has 0 radical (unpaired) electrons. The Morgan fingerprint density at radius 3 is 2.65 bits per heavy atom. The summed E-state index contributed by atoms with van der Waals surface area (Å²) in [5, 5.41) is 13.1. The van der Waals surface area contributed by atoms with Crippen LogP contribution >= 0.6 is 11.6 Å². The molecule has 0 saturated heterocycles. The van der Waals surface area contributed by atoms with Gasteiger partial charge in [-0.25, -0.2) is 0 Å². The number of nitrogens with one attached hydrogen (secondary N) is 2. The largest absolute Gasteiger partial charge is 0.387 e. The number of aromatic amines is 1. The summed E-state index contributed by atoms with van der Waals surface area (Å²) in [6.45, 7) is 0.0489. The number of carbonyl (C=O) groups is 1. The number of H-pyrrole nitrogens is 1. The average Bonchev–Trinajstić information content (AvgIpc) is 2.45. The lowest BCUT2D eigenvalue weighted by atomic mass is 10.1. The summed E-state index contributed by atoms with van der Waals surface area (Å²) in [6, 6.07) is 9.39. The van der Waals surface area contributed by atoms with Gasteiger partial charge in [0.15, 0.2) is 0 Å². The summed E-state index contributed by atoms with van der Waals surface area (Å²) >= 11 is 5.75. The van der Waals surface area contributed by atoms with Crippen LogP contribution in [0.25, 0.3) is 0 Å². The van der Waals surface area contributed by atoms with Gasteiger partial charge in [0.2, 0.25) is 5.56 Å². The molecule has 0 aliphatic rings. The van der Waals surface area contributed by atoms with E-state index >= 15 is 0 Å². The normalized spacial score (nSPS) is 11.9. The van der Waals surface area contributed by atoms with Gasteiger partial charge < -0.3 is 15.4 Å². The number of benzene rings is 1. The molecule has 0 spiro atoms. The van der Waals surface area contributed by atoms with Crippen molar-refractivity contribution in [2.75, 3.05) is 6.54 Å². The van der Waals surface area contributed by atoms with Crippen molar-refractivity contribution in [3.63, 3.8) is 0 Å². The van der Waals surface area contributed by atoms with Gasteiger partial charge in [-0.05, 0) is 23.8 Å². The lowest BCUT2D eigenvalue weighted by Gasteiger charge is -2.12. The van der Waals surface area contributed by atoms with E-state index in [9.17, 15) is 14.7 Å². The predicted molar refractivity (Wildman–Crippen MR) is 75.8 cm³/mol. The molecule has 0 fully saturated rings. The Morgan fingerprint density at radius 2 is 2.00 bits per heavy atom. The van der Waals surface area contributed by atoms with Gasteiger partial charge >= 0.3 is 0 Å². The Hall–Kier alpha value is -2.11. The van der Waals surface area contributed by atoms with E-state index in [-0.39, 0.29) is 17.7 Å². The Balaban J connectivity index is 1.96. The maximum Gasteiger partial charge on any atom is 0.251 e. The van der Waals surface area contributed by atoms with Crippen molar-refractivity contribution in [2.24, 2.45) is 0 Å². The highest BCUT2D eigenvalue weighted by atomic mass is 35.5. The number of amides is 1. The monoisotopic (exact) mass is 292 g/mol. The predicted octanol–water partition coefficient (Wildman–Crippen LogP) is 1.49. The van der Waals surface area contributed by atoms with Gasteiger partial charge in [0.25, 0.3) is 5.91 Å². The number of aliphatic hydroxyl groups is 1. The first-order valence-corrected chi connectivity index (χ1v) is 6.34. The quantitative estimate of drug-likeness (QED) is 0.798. The number of aromatic nitrogens is 1. The fourth-order valence-electron chi connectivity index (χ4n) is 1.68. The van der Waals surface area contributed by atoms with Gasteiger partial charge in [-0.15, -0.1) is 0 Å². The lowest BCUT2D eigenvalue weighted by molar-refractivity contribution is 0.0916. The van der Waals surface area contributed by atoms with E-state index in [0.29, 0.717) is 10.6 Å². The fraction of sp³-hybridized carbons (Fsp3) is 0.143. The molecular weight excluding hydrogens is 280 g/mol. The molecule has 20 heavy (non-hydrogen) atoms. The van der Waals surface area contributed by atoms with Crippen molar-refractivity contribution < 1.29 is 9.90 Å². The standard InChI is InChI=1S/C14H13ClN2O3/c15-11-3-1-9(2-4-11)12(18)8-17-14(20)10-5-6-16-13(19)7-10/h1-7,12,18H,8H2,(H,16,19)(H,17,20)/t12-/m1/s1. The van der Waals surface area contributed by atoms with Crippen LogP contribution in [0.1, 0.15) is 22.0 Å². The van der Waals surface area contributed by atoms with Crippen LogP contribution in [0.5, 0.6) is 0 Å². The van der Waals surface area contributed by atoms with Gasteiger partial charge in [-0.1, -0.05) is 23.7 Å². The third kappa shape index (κ3) is 3.69. The number of hydrogen-bond acceptors (Lipinski definition) is 3. The van der Waals surface area contributed by atoms with Gasteiger partial charge in [0.05, 0.1) is 6.10 Å². The number of carbonyl (C=O) groups excluding carboxylic acids is 1. The van der Waals surface area contributed by atoms with Crippen molar-refractivity contribution in [2.45, 2.75) is 6.10 Å². The zero-order chi connectivity index (χ0) is 14.5. The summed E-state index contributed by atoms with van der Waals surface area (Å²) in [7, 11) is 0. The maximum absolute atomic E-state index is 11.8. The van der Waals surface area contributed by atoms with E-state index in [1.165, 1.54) is 18.3 Å². The molecule has 1 amide bonds. The number of rotatable bonds is 4. The molecule has 0 unspecified atom stereocenters. The van der Waals surface area contributed by atoms with Crippen LogP contribution in [0, 0.1) is 0 Å². The number of hydrogen-bond donors (Lipinski definition) is 3. The lowest BCUT2D eigenvalue weighted by Crippen LogP contribution is -2.29. The van der Waals surface area contributed by atoms with E-state index < -0.39 is 12.0 Å². The molecule has 0 aliphatic carbocycles. The second-order valence-electron chi connectivity index (χ2n) is 4.22. The molecule has 0 saturated carbocycles. The zero-order valence-electron chi connectivity index (χ0n) is 10.5. The highest BCUT2D eigenvalue weighted by Gasteiger charge is 2.11. The Morgan fingerprint density at radius 1 is 1.30 bits per heavy atom. The summed E-state index contributed by atoms with van der Waals surface area (Å²) in [5.74, 6) is -0.413. The zero-order valence-corrected chi connectivity index (χ0v) is 11.2.